The molecule has 0 amide bonds. The van der Waals surface area contributed by atoms with Crippen molar-refractivity contribution in [3.05, 3.63) is 28.2 Å². The smallest absolute Gasteiger partial charge is 0.119 e. The summed E-state index contributed by atoms with van der Waals surface area (Å²) in [4.78, 5) is 0. The number of aryl methyl sites for hydroxylation is 1. The van der Waals surface area contributed by atoms with Gasteiger partial charge in [0.1, 0.15) is 12.4 Å². The summed E-state index contributed by atoms with van der Waals surface area (Å²) in [5.41, 5.74) is 1.15. The molecule has 1 aliphatic rings. The van der Waals surface area contributed by atoms with Gasteiger partial charge in [-0.25, -0.2) is 0 Å². The van der Waals surface area contributed by atoms with E-state index in [9.17, 15) is 5.11 Å². The normalized spacial score (nSPS) is 17.9. The zero-order valence-corrected chi connectivity index (χ0v) is 12.4. The predicted octanol–water partition coefficient (Wildman–Crippen LogP) is 4.08. The highest BCUT2D eigenvalue weighted by Crippen LogP contribution is 2.29. The Morgan fingerprint density at radius 1 is 1.39 bits per heavy atom. The molecule has 1 unspecified atom stereocenters. The van der Waals surface area contributed by atoms with Crippen LogP contribution in [0.1, 0.15) is 37.7 Å². The molecule has 18 heavy (non-hydrogen) atoms. The molecule has 1 N–H and O–H groups in total. The van der Waals surface area contributed by atoms with Crippen molar-refractivity contribution < 1.29 is 9.84 Å². The van der Waals surface area contributed by atoms with Crippen molar-refractivity contribution >= 4 is 15.9 Å². The van der Waals surface area contributed by atoms with E-state index in [0.29, 0.717) is 12.5 Å². The Bertz CT molecular complexity index is 386. The van der Waals surface area contributed by atoms with Crippen molar-refractivity contribution in [2.75, 3.05) is 6.61 Å². The second-order valence-corrected chi connectivity index (χ2v) is 6.12. The van der Waals surface area contributed by atoms with Crippen LogP contribution < -0.4 is 4.74 Å². The molecule has 0 spiro atoms. The van der Waals surface area contributed by atoms with Crippen LogP contribution in [0.4, 0.5) is 0 Å². The third-order valence-electron chi connectivity index (χ3n) is 3.65. The van der Waals surface area contributed by atoms with Gasteiger partial charge in [0.05, 0.1) is 6.10 Å². The van der Waals surface area contributed by atoms with Crippen LogP contribution in [0.25, 0.3) is 0 Å². The van der Waals surface area contributed by atoms with Crippen LogP contribution in [0.3, 0.4) is 0 Å². The SMILES string of the molecule is Cc1cc(OCC(O)CC2CCCC2)ccc1Br. The van der Waals surface area contributed by atoms with E-state index in [4.69, 9.17) is 4.74 Å². The first-order valence-electron chi connectivity index (χ1n) is 6.72. The van der Waals surface area contributed by atoms with E-state index in [1.807, 2.05) is 25.1 Å². The maximum Gasteiger partial charge on any atom is 0.119 e. The van der Waals surface area contributed by atoms with Gasteiger partial charge < -0.3 is 9.84 Å². The molecule has 0 radical (unpaired) electrons. The van der Waals surface area contributed by atoms with Crippen LogP contribution in [-0.2, 0) is 0 Å². The molecule has 1 fully saturated rings. The van der Waals surface area contributed by atoms with Gasteiger partial charge in [0, 0.05) is 4.47 Å². The van der Waals surface area contributed by atoms with Crippen LogP contribution >= 0.6 is 15.9 Å². The van der Waals surface area contributed by atoms with E-state index in [0.717, 1.165) is 22.2 Å². The molecule has 3 heteroatoms. The molecule has 2 rings (SSSR count). The minimum atomic E-state index is -0.336. The first kappa shape index (κ1) is 13.9. The summed E-state index contributed by atoms with van der Waals surface area (Å²) < 4.78 is 6.73. The highest BCUT2D eigenvalue weighted by molar-refractivity contribution is 9.10. The lowest BCUT2D eigenvalue weighted by atomic mass is 10.0. The maximum absolute atomic E-state index is 9.96. The second kappa shape index (κ2) is 6.58. The number of ether oxygens (including phenoxy) is 1. The van der Waals surface area contributed by atoms with Crippen LogP contribution in [0.15, 0.2) is 22.7 Å². The third-order valence-corrected chi connectivity index (χ3v) is 4.54. The number of rotatable bonds is 5. The highest BCUT2D eigenvalue weighted by Gasteiger charge is 2.19. The number of hydrogen-bond acceptors (Lipinski definition) is 2. The molecule has 1 aliphatic carbocycles. The zero-order valence-electron chi connectivity index (χ0n) is 10.9. The molecule has 1 aromatic rings. The van der Waals surface area contributed by atoms with Gasteiger partial charge in [-0.05, 0) is 43.0 Å². The predicted molar refractivity (Wildman–Crippen MR) is 77.0 cm³/mol. The monoisotopic (exact) mass is 312 g/mol. The molecule has 0 saturated heterocycles. The molecule has 0 aliphatic heterocycles. The topological polar surface area (TPSA) is 29.5 Å². The van der Waals surface area contributed by atoms with Gasteiger partial charge in [0.2, 0.25) is 0 Å². The van der Waals surface area contributed by atoms with E-state index >= 15 is 0 Å². The fourth-order valence-electron chi connectivity index (χ4n) is 2.60. The molecule has 0 bridgehead atoms. The molecular formula is C15H21BrO2. The van der Waals surface area contributed by atoms with E-state index < -0.39 is 0 Å². The minimum Gasteiger partial charge on any atom is -0.491 e. The fraction of sp³-hybridized carbons (Fsp3) is 0.600. The van der Waals surface area contributed by atoms with Gasteiger partial charge in [0.25, 0.3) is 0 Å². The van der Waals surface area contributed by atoms with Crippen molar-refractivity contribution in [3.63, 3.8) is 0 Å². The summed E-state index contributed by atoms with van der Waals surface area (Å²) in [5.74, 6) is 1.54. The number of aliphatic hydroxyl groups excluding tert-OH is 1. The van der Waals surface area contributed by atoms with Gasteiger partial charge in [-0.15, -0.1) is 0 Å². The molecule has 2 nitrogen and oxygen atoms in total. The van der Waals surface area contributed by atoms with Gasteiger partial charge in [-0.2, -0.15) is 0 Å². The van der Waals surface area contributed by atoms with Crippen LogP contribution in [0, 0.1) is 12.8 Å². The van der Waals surface area contributed by atoms with Crippen molar-refractivity contribution in [2.24, 2.45) is 5.92 Å². The zero-order chi connectivity index (χ0) is 13.0. The van der Waals surface area contributed by atoms with Crippen LogP contribution in [0.2, 0.25) is 0 Å². The Labute approximate surface area is 117 Å². The van der Waals surface area contributed by atoms with Gasteiger partial charge in [-0.1, -0.05) is 41.6 Å². The average Bonchev–Trinajstić information content (AvgIpc) is 2.83. The second-order valence-electron chi connectivity index (χ2n) is 5.26. The highest BCUT2D eigenvalue weighted by atomic mass is 79.9. The first-order chi connectivity index (χ1) is 8.65. The standard InChI is InChI=1S/C15H21BrO2/c1-11-8-14(6-7-15(11)16)18-10-13(17)9-12-4-2-3-5-12/h6-8,12-13,17H,2-5,9-10H2,1H3. The maximum atomic E-state index is 9.96. The summed E-state index contributed by atoms with van der Waals surface area (Å²) in [7, 11) is 0. The molecule has 0 aromatic heterocycles. The van der Waals surface area contributed by atoms with E-state index in [-0.39, 0.29) is 6.10 Å². The molecular weight excluding hydrogens is 292 g/mol. The Balaban J connectivity index is 1.77. The first-order valence-corrected chi connectivity index (χ1v) is 7.51. The minimum absolute atomic E-state index is 0.336. The van der Waals surface area contributed by atoms with Crippen molar-refractivity contribution in [3.8, 4) is 5.75 Å². The van der Waals surface area contributed by atoms with E-state index in [1.165, 1.54) is 25.7 Å². The lowest BCUT2D eigenvalue weighted by Crippen LogP contribution is -2.20. The van der Waals surface area contributed by atoms with Crippen LogP contribution in [-0.4, -0.2) is 17.8 Å². The Morgan fingerprint density at radius 2 is 2.11 bits per heavy atom. The summed E-state index contributed by atoms with van der Waals surface area (Å²) >= 11 is 3.46. The summed E-state index contributed by atoms with van der Waals surface area (Å²) in [6.07, 6.45) is 5.74. The number of halogens is 1. The summed E-state index contributed by atoms with van der Waals surface area (Å²) in [5, 5.41) is 9.96. The van der Waals surface area contributed by atoms with Gasteiger partial charge >= 0.3 is 0 Å². The quantitative estimate of drug-likeness (QED) is 0.887. The van der Waals surface area contributed by atoms with Crippen molar-refractivity contribution in [1.82, 2.24) is 0 Å². The molecule has 1 aromatic carbocycles. The largest absolute Gasteiger partial charge is 0.491 e. The molecule has 0 heterocycles. The summed E-state index contributed by atoms with van der Waals surface area (Å²) in [6, 6.07) is 5.90. The third kappa shape index (κ3) is 3.99. The Hall–Kier alpha value is -0.540. The van der Waals surface area contributed by atoms with Crippen molar-refractivity contribution in [1.29, 1.82) is 0 Å². The lowest BCUT2D eigenvalue weighted by Gasteiger charge is -2.16. The van der Waals surface area contributed by atoms with Gasteiger partial charge in [-0.3, -0.25) is 0 Å². The number of hydrogen-bond donors (Lipinski definition) is 1. The Morgan fingerprint density at radius 3 is 2.78 bits per heavy atom. The molecule has 1 saturated carbocycles. The number of benzene rings is 1. The molecule has 1 atom stereocenters. The fourth-order valence-corrected chi connectivity index (χ4v) is 2.84. The lowest BCUT2D eigenvalue weighted by molar-refractivity contribution is 0.0855. The Kier molecular flexibility index (Phi) is 5.07. The average molecular weight is 313 g/mol. The van der Waals surface area contributed by atoms with Crippen LogP contribution in [0.5, 0.6) is 5.75 Å². The van der Waals surface area contributed by atoms with E-state index in [1.54, 1.807) is 0 Å². The van der Waals surface area contributed by atoms with Gasteiger partial charge in [0.15, 0.2) is 0 Å². The number of aliphatic hydroxyl groups is 1. The molecule has 100 valence electrons. The van der Waals surface area contributed by atoms with Crippen molar-refractivity contribution in [2.45, 2.75) is 45.1 Å². The van der Waals surface area contributed by atoms with E-state index in [2.05, 4.69) is 15.9 Å². The summed E-state index contributed by atoms with van der Waals surface area (Å²) in [6.45, 7) is 2.43.